The number of nitrogens with zero attached hydrogens (tertiary/aromatic N) is 3. The highest BCUT2D eigenvalue weighted by molar-refractivity contribution is 5.99. The second kappa shape index (κ2) is 7.03. The summed E-state index contributed by atoms with van der Waals surface area (Å²) in [7, 11) is 3.88. The molecule has 6 heteroatoms. The molecule has 1 saturated heterocycles. The second-order valence-electron chi connectivity index (χ2n) is 7.30. The van der Waals surface area contributed by atoms with Gasteiger partial charge in [-0.1, -0.05) is 0 Å². The topological polar surface area (TPSA) is 79.6 Å². The highest BCUT2D eigenvalue weighted by atomic mass is 16.3. The van der Waals surface area contributed by atoms with Crippen LogP contribution in [0.25, 0.3) is 0 Å². The van der Waals surface area contributed by atoms with Gasteiger partial charge in [0.2, 0.25) is 5.91 Å². The lowest BCUT2D eigenvalue weighted by molar-refractivity contribution is -0.131. The van der Waals surface area contributed by atoms with E-state index >= 15 is 0 Å². The number of nitrogens with one attached hydrogen (secondary N) is 1. The third-order valence-electron chi connectivity index (χ3n) is 5.64. The number of likely N-dealkylation sites (N-methyl/N-ethyl adjacent to an activating group) is 1. The molecule has 0 aromatic heterocycles. The van der Waals surface area contributed by atoms with Gasteiger partial charge in [-0.25, -0.2) is 0 Å². The maximum atomic E-state index is 12.7. The van der Waals surface area contributed by atoms with E-state index in [0.717, 1.165) is 38.0 Å². The standard InChI is InChI=1S/C19H26N4O2/c1-22(2)19(8-3-9-19)18(25)21-15-4-5-17(14(12-15)13-20)23-10-6-16(24)7-11-23/h4-5,12,16,24H,3,6-11H2,1-2H3,(H,21,25). The Bertz CT molecular complexity index is 683. The maximum Gasteiger partial charge on any atom is 0.244 e. The number of amides is 1. The highest BCUT2D eigenvalue weighted by Gasteiger charge is 2.46. The van der Waals surface area contributed by atoms with E-state index in [9.17, 15) is 15.2 Å². The van der Waals surface area contributed by atoms with Crippen LogP contribution in [0.2, 0.25) is 0 Å². The number of hydrogen-bond acceptors (Lipinski definition) is 5. The summed E-state index contributed by atoms with van der Waals surface area (Å²) in [6.07, 6.45) is 3.99. The lowest BCUT2D eigenvalue weighted by Crippen LogP contribution is -2.58. The molecule has 0 spiro atoms. The van der Waals surface area contributed by atoms with E-state index < -0.39 is 5.54 Å². The Morgan fingerprint density at radius 2 is 2.04 bits per heavy atom. The molecular formula is C19H26N4O2. The molecule has 25 heavy (non-hydrogen) atoms. The summed E-state index contributed by atoms with van der Waals surface area (Å²) in [5, 5.41) is 22.2. The minimum atomic E-state index is -0.422. The van der Waals surface area contributed by atoms with E-state index in [1.165, 1.54) is 0 Å². The molecular weight excluding hydrogens is 316 g/mol. The van der Waals surface area contributed by atoms with Crippen molar-refractivity contribution in [2.24, 2.45) is 0 Å². The van der Waals surface area contributed by atoms with E-state index in [1.54, 1.807) is 6.07 Å². The van der Waals surface area contributed by atoms with Crippen molar-refractivity contribution in [3.05, 3.63) is 23.8 Å². The average molecular weight is 342 g/mol. The van der Waals surface area contributed by atoms with Gasteiger partial charge < -0.3 is 15.3 Å². The van der Waals surface area contributed by atoms with Gasteiger partial charge in [-0.15, -0.1) is 0 Å². The van der Waals surface area contributed by atoms with Gasteiger partial charge in [-0.3, -0.25) is 9.69 Å². The largest absolute Gasteiger partial charge is 0.393 e. The zero-order chi connectivity index (χ0) is 18.0. The van der Waals surface area contributed by atoms with Crippen LogP contribution in [0.4, 0.5) is 11.4 Å². The van der Waals surface area contributed by atoms with Crippen molar-refractivity contribution in [3.63, 3.8) is 0 Å². The van der Waals surface area contributed by atoms with E-state index in [-0.39, 0.29) is 12.0 Å². The third-order valence-corrected chi connectivity index (χ3v) is 5.64. The van der Waals surface area contributed by atoms with Crippen LogP contribution in [0.1, 0.15) is 37.7 Å². The monoisotopic (exact) mass is 342 g/mol. The Labute approximate surface area is 149 Å². The fraction of sp³-hybridized carbons (Fsp3) is 0.579. The minimum Gasteiger partial charge on any atom is -0.393 e. The second-order valence-corrected chi connectivity index (χ2v) is 7.30. The fourth-order valence-corrected chi connectivity index (χ4v) is 3.72. The Kier molecular flexibility index (Phi) is 4.98. The Morgan fingerprint density at radius 1 is 1.36 bits per heavy atom. The normalized spacial score (nSPS) is 20.0. The van der Waals surface area contributed by atoms with Crippen molar-refractivity contribution < 1.29 is 9.90 Å². The summed E-state index contributed by atoms with van der Waals surface area (Å²) in [5.74, 6) is 0.00137. The molecule has 1 aromatic rings. The molecule has 1 aliphatic heterocycles. The summed E-state index contributed by atoms with van der Waals surface area (Å²) in [5.41, 5.74) is 1.67. The summed E-state index contributed by atoms with van der Waals surface area (Å²) < 4.78 is 0. The predicted molar refractivity (Wildman–Crippen MR) is 97.5 cm³/mol. The van der Waals surface area contributed by atoms with Crippen molar-refractivity contribution in [1.82, 2.24) is 4.90 Å². The third kappa shape index (κ3) is 3.35. The first-order valence-corrected chi connectivity index (χ1v) is 8.92. The number of anilines is 2. The van der Waals surface area contributed by atoms with Crippen LogP contribution in [-0.2, 0) is 4.79 Å². The van der Waals surface area contributed by atoms with Crippen LogP contribution < -0.4 is 10.2 Å². The molecule has 0 atom stereocenters. The molecule has 134 valence electrons. The zero-order valence-corrected chi connectivity index (χ0v) is 15.0. The first kappa shape index (κ1) is 17.7. The van der Waals surface area contributed by atoms with E-state index in [0.29, 0.717) is 24.1 Å². The molecule has 2 aliphatic rings. The predicted octanol–water partition coefficient (Wildman–Crippen LogP) is 1.94. The summed E-state index contributed by atoms with van der Waals surface area (Å²) >= 11 is 0. The van der Waals surface area contributed by atoms with Crippen molar-refractivity contribution >= 4 is 17.3 Å². The Hall–Kier alpha value is -2.10. The van der Waals surface area contributed by atoms with E-state index in [4.69, 9.17) is 0 Å². The number of aliphatic hydroxyl groups is 1. The lowest BCUT2D eigenvalue weighted by Gasteiger charge is -2.45. The molecule has 1 aromatic carbocycles. The number of piperidine rings is 1. The summed E-state index contributed by atoms with van der Waals surface area (Å²) in [6, 6.07) is 7.75. The van der Waals surface area contributed by atoms with Gasteiger partial charge in [0.15, 0.2) is 0 Å². The first-order valence-electron chi connectivity index (χ1n) is 8.92. The van der Waals surface area contributed by atoms with Gasteiger partial charge in [0.1, 0.15) is 11.6 Å². The quantitative estimate of drug-likeness (QED) is 0.874. The summed E-state index contributed by atoms with van der Waals surface area (Å²) in [6.45, 7) is 1.48. The van der Waals surface area contributed by atoms with Crippen molar-refractivity contribution in [2.45, 2.75) is 43.7 Å². The molecule has 3 rings (SSSR count). The summed E-state index contributed by atoms with van der Waals surface area (Å²) in [4.78, 5) is 16.8. The number of hydrogen-bond donors (Lipinski definition) is 2. The van der Waals surface area contributed by atoms with Crippen molar-refractivity contribution in [3.8, 4) is 6.07 Å². The van der Waals surface area contributed by atoms with Gasteiger partial charge in [-0.2, -0.15) is 5.26 Å². The van der Waals surface area contributed by atoms with Crippen molar-refractivity contribution in [2.75, 3.05) is 37.4 Å². The number of rotatable bonds is 4. The van der Waals surface area contributed by atoms with Gasteiger partial charge in [0, 0.05) is 18.8 Å². The van der Waals surface area contributed by atoms with E-state index in [2.05, 4.69) is 16.3 Å². The van der Waals surface area contributed by atoms with Gasteiger partial charge in [-0.05, 0) is 64.4 Å². The maximum absolute atomic E-state index is 12.7. The average Bonchev–Trinajstić information content (AvgIpc) is 2.54. The number of nitriles is 1. The molecule has 2 N–H and O–H groups in total. The van der Waals surface area contributed by atoms with Crippen molar-refractivity contribution in [1.29, 1.82) is 5.26 Å². The number of benzene rings is 1. The van der Waals surface area contributed by atoms with Crippen LogP contribution in [0.15, 0.2) is 18.2 Å². The van der Waals surface area contributed by atoms with Gasteiger partial charge in [0.05, 0.1) is 17.4 Å². The molecule has 2 fully saturated rings. The number of aliphatic hydroxyl groups excluding tert-OH is 1. The SMILES string of the molecule is CN(C)C1(C(=O)Nc2ccc(N3CCC(O)CC3)c(C#N)c2)CCC1. The van der Waals surface area contributed by atoms with E-state index in [1.807, 2.05) is 31.1 Å². The molecule has 0 bridgehead atoms. The number of carbonyl (C=O) groups is 1. The minimum absolute atomic E-state index is 0.00137. The van der Waals surface area contributed by atoms with Crippen LogP contribution in [-0.4, -0.2) is 54.7 Å². The fourth-order valence-electron chi connectivity index (χ4n) is 3.72. The van der Waals surface area contributed by atoms with Crippen LogP contribution in [0, 0.1) is 11.3 Å². The number of carbonyl (C=O) groups excluding carboxylic acids is 1. The van der Waals surface area contributed by atoms with Gasteiger partial charge in [0.25, 0.3) is 0 Å². The Balaban J connectivity index is 1.76. The van der Waals surface area contributed by atoms with Crippen LogP contribution >= 0.6 is 0 Å². The zero-order valence-electron chi connectivity index (χ0n) is 15.0. The molecule has 6 nitrogen and oxygen atoms in total. The molecule has 1 aliphatic carbocycles. The smallest absolute Gasteiger partial charge is 0.244 e. The van der Waals surface area contributed by atoms with Crippen LogP contribution in [0.3, 0.4) is 0 Å². The van der Waals surface area contributed by atoms with Gasteiger partial charge >= 0.3 is 0 Å². The first-order chi connectivity index (χ1) is 12.0. The van der Waals surface area contributed by atoms with Crippen LogP contribution in [0.5, 0.6) is 0 Å². The highest BCUT2D eigenvalue weighted by Crippen LogP contribution is 2.37. The molecule has 1 amide bonds. The molecule has 0 radical (unpaired) electrons. The lowest BCUT2D eigenvalue weighted by atomic mass is 9.75. The molecule has 1 heterocycles. The Morgan fingerprint density at radius 3 is 2.56 bits per heavy atom. The molecule has 1 saturated carbocycles. The molecule has 0 unspecified atom stereocenters.